The van der Waals surface area contributed by atoms with Crippen molar-refractivity contribution in [1.29, 1.82) is 0 Å². The second-order valence-electron chi connectivity index (χ2n) is 5.25. The van der Waals surface area contributed by atoms with E-state index >= 15 is 0 Å². The number of aliphatic imine (C=N–C) groups is 1. The van der Waals surface area contributed by atoms with Gasteiger partial charge in [-0.1, -0.05) is 28.1 Å². The molecule has 0 unspecified atom stereocenters. The lowest BCUT2D eigenvalue weighted by Gasteiger charge is -2.12. The second kappa shape index (κ2) is 10.8. The van der Waals surface area contributed by atoms with Gasteiger partial charge in [-0.3, -0.25) is 4.99 Å². The van der Waals surface area contributed by atoms with E-state index < -0.39 is 9.84 Å². The molecule has 0 saturated carbocycles. The van der Waals surface area contributed by atoms with Gasteiger partial charge in [0.2, 0.25) is 0 Å². The molecule has 9 heteroatoms. The van der Waals surface area contributed by atoms with Gasteiger partial charge >= 0.3 is 0 Å². The number of sulfone groups is 1. The Bertz CT molecular complexity index is 828. The summed E-state index contributed by atoms with van der Waals surface area (Å²) in [6.45, 7) is 0.681. The summed E-state index contributed by atoms with van der Waals surface area (Å²) in [6, 6.07) is 12.7. The zero-order valence-electron chi connectivity index (χ0n) is 14.1. The molecular formula is C17H20BrFIN3O2S. The Morgan fingerprint density at radius 1 is 1.08 bits per heavy atom. The van der Waals surface area contributed by atoms with Crippen LogP contribution in [-0.2, 0) is 16.4 Å². The van der Waals surface area contributed by atoms with Gasteiger partial charge in [0.25, 0.3) is 0 Å². The van der Waals surface area contributed by atoms with Gasteiger partial charge in [-0.05, 0) is 42.0 Å². The van der Waals surface area contributed by atoms with E-state index in [4.69, 9.17) is 0 Å². The van der Waals surface area contributed by atoms with E-state index in [2.05, 4.69) is 31.6 Å². The van der Waals surface area contributed by atoms with Crippen LogP contribution in [0.2, 0.25) is 0 Å². The van der Waals surface area contributed by atoms with Crippen LogP contribution in [0.5, 0.6) is 0 Å². The first kappa shape index (κ1) is 22.8. The molecule has 0 saturated heterocycles. The largest absolute Gasteiger partial charge is 0.355 e. The Morgan fingerprint density at radius 2 is 1.69 bits per heavy atom. The van der Waals surface area contributed by atoms with Gasteiger partial charge in [-0.25, -0.2) is 12.8 Å². The van der Waals surface area contributed by atoms with Crippen molar-refractivity contribution in [3.05, 3.63) is 64.4 Å². The van der Waals surface area contributed by atoms with Crippen molar-refractivity contribution < 1.29 is 12.8 Å². The average molecular weight is 556 g/mol. The fourth-order valence-electron chi connectivity index (χ4n) is 2.07. The van der Waals surface area contributed by atoms with Crippen molar-refractivity contribution in [2.45, 2.75) is 11.4 Å². The van der Waals surface area contributed by atoms with E-state index in [1.807, 2.05) is 0 Å². The van der Waals surface area contributed by atoms with Crippen molar-refractivity contribution in [3.8, 4) is 0 Å². The summed E-state index contributed by atoms with van der Waals surface area (Å²) in [5.74, 6) is 0.144. The number of halogens is 3. The summed E-state index contributed by atoms with van der Waals surface area (Å²) in [5.41, 5.74) is 0.895. The van der Waals surface area contributed by atoms with E-state index in [1.165, 1.54) is 12.1 Å². The summed E-state index contributed by atoms with van der Waals surface area (Å²) in [4.78, 5) is 4.33. The molecule has 0 aromatic heterocycles. The predicted octanol–water partition coefficient (Wildman–Crippen LogP) is 3.35. The van der Waals surface area contributed by atoms with E-state index in [1.54, 1.807) is 43.4 Å². The normalized spacial score (nSPS) is 11.6. The topological polar surface area (TPSA) is 70.6 Å². The van der Waals surface area contributed by atoms with Crippen LogP contribution in [0.3, 0.4) is 0 Å². The molecule has 0 spiro atoms. The Kier molecular flexibility index (Phi) is 9.51. The summed E-state index contributed by atoms with van der Waals surface area (Å²) >= 11 is 3.28. The third-order valence-electron chi connectivity index (χ3n) is 3.43. The first-order valence-corrected chi connectivity index (χ1v) is 10.0. The van der Waals surface area contributed by atoms with Gasteiger partial charge in [0.05, 0.1) is 10.6 Å². The molecule has 0 atom stereocenters. The SMILES string of the molecule is CN=C(NCCS(=O)(=O)c1ccc(Br)cc1)NCc1ccc(F)cc1.I. The van der Waals surface area contributed by atoms with E-state index in [0.29, 0.717) is 12.5 Å². The molecule has 2 rings (SSSR count). The number of rotatable bonds is 6. The number of hydrogen-bond acceptors (Lipinski definition) is 3. The third kappa shape index (κ3) is 7.20. The van der Waals surface area contributed by atoms with Crippen LogP contribution >= 0.6 is 39.9 Å². The Hall–Kier alpha value is -1.20. The molecule has 26 heavy (non-hydrogen) atoms. The minimum absolute atomic E-state index is 0. The maximum atomic E-state index is 12.9. The fourth-order valence-corrected chi connectivity index (χ4v) is 3.49. The minimum atomic E-state index is -3.36. The summed E-state index contributed by atoms with van der Waals surface area (Å²) in [5, 5.41) is 6.02. The molecule has 0 aliphatic heterocycles. The predicted molar refractivity (Wildman–Crippen MR) is 116 cm³/mol. The molecule has 0 aliphatic carbocycles. The zero-order chi connectivity index (χ0) is 18.3. The first-order chi connectivity index (χ1) is 11.9. The number of nitrogens with one attached hydrogen (secondary N) is 2. The molecule has 0 amide bonds. The lowest BCUT2D eigenvalue weighted by Crippen LogP contribution is -2.39. The smallest absolute Gasteiger partial charge is 0.191 e. The molecule has 0 radical (unpaired) electrons. The monoisotopic (exact) mass is 555 g/mol. The lowest BCUT2D eigenvalue weighted by molar-refractivity contribution is 0.594. The van der Waals surface area contributed by atoms with Gasteiger partial charge in [0.15, 0.2) is 15.8 Å². The summed E-state index contributed by atoms with van der Waals surface area (Å²) in [7, 11) is -1.76. The first-order valence-electron chi connectivity index (χ1n) is 7.58. The van der Waals surface area contributed by atoms with Crippen LogP contribution in [0.1, 0.15) is 5.56 Å². The number of nitrogens with zero attached hydrogens (tertiary/aromatic N) is 1. The van der Waals surface area contributed by atoms with E-state index in [0.717, 1.165) is 10.0 Å². The Morgan fingerprint density at radius 3 is 2.27 bits per heavy atom. The Labute approximate surface area is 178 Å². The molecule has 0 heterocycles. The standard InChI is InChI=1S/C17H19BrFN3O2S.HI/c1-20-17(22-12-13-2-6-15(19)7-3-13)21-10-11-25(23,24)16-8-4-14(18)5-9-16;/h2-9H,10-12H2,1H3,(H2,20,21,22);1H. The van der Waals surface area contributed by atoms with Crippen molar-refractivity contribution in [1.82, 2.24) is 10.6 Å². The van der Waals surface area contributed by atoms with Crippen LogP contribution in [0.4, 0.5) is 4.39 Å². The summed E-state index contributed by atoms with van der Waals surface area (Å²) in [6.07, 6.45) is 0. The maximum absolute atomic E-state index is 12.9. The molecule has 2 N–H and O–H groups in total. The molecule has 5 nitrogen and oxygen atoms in total. The molecule has 0 bridgehead atoms. The molecule has 2 aromatic rings. The van der Waals surface area contributed by atoms with Gasteiger partial charge in [0, 0.05) is 24.6 Å². The van der Waals surface area contributed by atoms with Crippen LogP contribution in [0.15, 0.2) is 62.9 Å². The van der Waals surface area contributed by atoms with Gasteiger partial charge in [0.1, 0.15) is 5.82 Å². The van der Waals surface area contributed by atoms with Crippen LogP contribution in [0.25, 0.3) is 0 Å². The van der Waals surface area contributed by atoms with Crippen molar-refractivity contribution >= 4 is 55.7 Å². The molecule has 0 fully saturated rings. The highest BCUT2D eigenvalue weighted by Crippen LogP contribution is 2.15. The van der Waals surface area contributed by atoms with Crippen LogP contribution < -0.4 is 10.6 Å². The van der Waals surface area contributed by atoms with Crippen molar-refractivity contribution in [2.75, 3.05) is 19.3 Å². The van der Waals surface area contributed by atoms with Gasteiger partial charge < -0.3 is 10.6 Å². The van der Waals surface area contributed by atoms with Crippen molar-refractivity contribution in [3.63, 3.8) is 0 Å². The lowest BCUT2D eigenvalue weighted by atomic mass is 10.2. The zero-order valence-corrected chi connectivity index (χ0v) is 18.8. The van der Waals surface area contributed by atoms with Gasteiger partial charge in [-0.15, -0.1) is 24.0 Å². The quantitative estimate of drug-likeness (QED) is 0.326. The average Bonchev–Trinajstić information content (AvgIpc) is 2.59. The van der Waals surface area contributed by atoms with Crippen LogP contribution in [0, 0.1) is 5.82 Å². The highest BCUT2D eigenvalue weighted by atomic mass is 127. The molecule has 0 aliphatic rings. The number of guanidine groups is 1. The molecular weight excluding hydrogens is 536 g/mol. The maximum Gasteiger partial charge on any atom is 0.191 e. The fraction of sp³-hybridized carbons (Fsp3) is 0.235. The van der Waals surface area contributed by atoms with E-state index in [9.17, 15) is 12.8 Å². The molecule has 2 aromatic carbocycles. The number of benzene rings is 2. The van der Waals surface area contributed by atoms with E-state index in [-0.39, 0.29) is 47.0 Å². The van der Waals surface area contributed by atoms with Crippen LogP contribution in [-0.4, -0.2) is 33.7 Å². The highest BCUT2D eigenvalue weighted by molar-refractivity contribution is 14.0. The number of hydrogen-bond donors (Lipinski definition) is 2. The highest BCUT2D eigenvalue weighted by Gasteiger charge is 2.14. The second-order valence-corrected chi connectivity index (χ2v) is 8.28. The van der Waals surface area contributed by atoms with Gasteiger partial charge in [-0.2, -0.15) is 0 Å². The minimum Gasteiger partial charge on any atom is -0.355 e. The Balaban J connectivity index is 0.00000338. The third-order valence-corrected chi connectivity index (χ3v) is 5.69. The molecule has 142 valence electrons. The van der Waals surface area contributed by atoms with Crippen molar-refractivity contribution in [2.24, 2.45) is 4.99 Å². The summed E-state index contributed by atoms with van der Waals surface area (Å²) < 4.78 is 38.3.